The van der Waals surface area contributed by atoms with Gasteiger partial charge in [0, 0.05) is 36.6 Å². The Labute approximate surface area is 153 Å². The third-order valence-corrected chi connectivity index (χ3v) is 4.11. The average Bonchev–Trinajstić information content (AvgIpc) is 3.06. The maximum atomic E-state index is 14.4. The van der Waals surface area contributed by atoms with Crippen LogP contribution in [-0.2, 0) is 7.05 Å². The molecular weight excluding hydrogens is 353 g/mol. The van der Waals surface area contributed by atoms with Crippen molar-refractivity contribution in [1.82, 2.24) is 9.55 Å². The van der Waals surface area contributed by atoms with Crippen LogP contribution < -0.4 is 11.1 Å². The first-order chi connectivity index (χ1) is 12.9. The second-order valence-electron chi connectivity index (χ2n) is 5.85. The number of halogens is 1. The number of aryl methyl sites for hydroxylation is 1. The van der Waals surface area contributed by atoms with E-state index in [1.54, 1.807) is 42.2 Å². The van der Waals surface area contributed by atoms with E-state index in [1.165, 1.54) is 18.2 Å². The van der Waals surface area contributed by atoms with Gasteiger partial charge in [0.2, 0.25) is 5.91 Å². The molecule has 27 heavy (non-hydrogen) atoms. The zero-order chi connectivity index (χ0) is 19.6. The predicted octanol–water partition coefficient (Wildman–Crippen LogP) is 2.77. The normalized spacial score (nSPS) is 11.8. The van der Waals surface area contributed by atoms with Crippen LogP contribution in [0.4, 0.5) is 15.8 Å². The summed E-state index contributed by atoms with van der Waals surface area (Å²) in [5, 5.41) is 14.4. The van der Waals surface area contributed by atoms with Crippen molar-refractivity contribution >= 4 is 17.3 Å². The van der Waals surface area contributed by atoms with Crippen LogP contribution >= 0.6 is 0 Å². The number of carbonyl (C=O) groups is 1. The second-order valence-corrected chi connectivity index (χ2v) is 5.85. The number of nitrogens with one attached hydrogen (secondary N) is 1. The quantitative estimate of drug-likeness (QED) is 0.512. The molecule has 3 N–H and O–H groups in total. The monoisotopic (exact) mass is 369 g/mol. The van der Waals surface area contributed by atoms with E-state index in [-0.39, 0.29) is 22.5 Å². The van der Waals surface area contributed by atoms with Crippen LogP contribution in [0.25, 0.3) is 0 Å². The molecule has 0 spiro atoms. The van der Waals surface area contributed by atoms with Crippen LogP contribution in [-0.4, -0.2) is 20.4 Å². The molecular formula is C18H16FN5O3. The number of amides is 1. The summed E-state index contributed by atoms with van der Waals surface area (Å²) in [4.78, 5) is 26.4. The first-order valence-corrected chi connectivity index (χ1v) is 7.95. The van der Waals surface area contributed by atoms with Gasteiger partial charge in [-0.05, 0) is 18.2 Å². The highest BCUT2D eigenvalue weighted by molar-refractivity contribution is 5.94. The number of aromatic nitrogens is 2. The molecule has 0 saturated heterocycles. The molecule has 0 saturated carbocycles. The summed E-state index contributed by atoms with van der Waals surface area (Å²) >= 11 is 0. The Balaban J connectivity index is 2.11. The third-order valence-electron chi connectivity index (χ3n) is 4.11. The maximum absolute atomic E-state index is 14.4. The molecule has 1 aromatic heterocycles. The van der Waals surface area contributed by atoms with Crippen LogP contribution in [0, 0.1) is 15.9 Å². The largest absolute Gasteiger partial charge is 0.366 e. The first-order valence-electron chi connectivity index (χ1n) is 7.95. The van der Waals surface area contributed by atoms with Crippen molar-refractivity contribution in [2.75, 3.05) is 5.32 Å². The maximum Gasteiger partial charge on any atom is 0.293 e. The van der Waals surface area contributed by atoms with E-state index in [9.17, 15) is 19.3 Å². The van der Waals surface area contributed by atoms with Crippen molar-refractivity contribution in [1.29, 1.82) is 0 Å². The van der Waals surface area contributed by atoms with Gasteiger partial charge < -0.3 is 15.6 Å². The van der Waals surface area contributed by atoms with Crippen LogP contribution in [0.3, 0.4) is 0 Å². The predicted molar refractivity (Wildman–Crippen MR) is 96.7 cm³/mol. The van der Waals surface area contributed by atoms with E-state index >= 15 is 0 Å². The smallest absolute Gasteiger partial charge is 0.293 e. The van der Waals surface area contributed by atoms with Crippen LogP contribution in [0.15, 0.2) is 54.9 Å². The van der Waals surface area contributed by atoms with E-state index in [2.05, 4.69) is 10.3 Å². The fourth-order valence-corrected chi connectivity index (χ4v) is 2.76. The molecule has 138 valence electrons. The van der Waals surface area contributed by atoms with E-state index in [1.807, 2.05) is 0 Å². The molecule has 1 heterocycles. The summed E-state index contributed by atoms with van der Waals surface area (Å²) in [5.74, 6) is -0.790. The van der Waals surface area contributed by atoms with Crippen molar-refractivity contribution in [2.24, 2.45) is 12.8 Å². The molecule has 0 aliphatic heterocycles. The standard InChI is InChI=1S/C18H16FN5O3/c1-23-9-8-21-18(23)16(12-4-2-3-5-13(12)19)22-14-7-6-11(17(20)25)10-15(14)24(26)27/h2-10,16,22H,1H3,(H2,20,25)/t16-/m0/s1. The summed E-state index contributed by atoms with van der Waals surface area (Å²) in [6, 6.07) is 9.14. The number of imidazole rings is 1. The summed E-state index contributed by atoms with van der Waals surface area (Å²) in [6.45, 7) is 0. The van der Waals surface area contributed by atoms with Crippen molar-refractivity contribution in [3.05, 3.63) is 87.7 Å². The molecule has 2 aromatic carbocycles. The Morgan fingerprint density at radius 2 is 2.07 bits per heavy atom. The Kier molecular flexibility index (Phi) is 4.84. The average molecular weight is 369 g/mol. The van der Waals surface area contributed by atoms with Gasteiger partial charge in [-0.1, -0.05) is 18.2 Å². The topological polar surface area (TPSA) is 116 Å². The summed E-state index contributed by atoms with van der Waals surface area (Å²) < 4.78 is 16.1. The molecule has 0 unspecified atom stereocenters. The minimum atomic E-state index is -0.788. The highest BCUT2D eigenvalue weighted by Crippen LogP contribution is 2.32. The van der Waals surface area contributed by atoms with Crippen LogP contribution in [0.5, 0.6) is 0 Å². The van der Waals surface area contributed by atoms with Gasteiger partial charge in [-0.3, -0.25) is 14.9 Å². The molecule has 3 rings (SSSR count). The Morgan fingerprint density at radius 3 is 2.67 bits per heavy atom. The lowest BCUT2D eigenvalue weighted by Crippen LogP contribution is -2.19. The minimum absolute atomic E-state index is 0.00619. The minimum Gasteiger partial charge on any atom is -0.366 e. The second kappa shape index (κ2) is 7.24. The zero-order valence-electron chi connectivity index (χ0n) is 14.3. The van der Waals surface area contributed by atoms with E-state index in [0.717, 1.165) is 6.07 Å². The van der Waals surface area contributed by atoms with Gasteiger partial charge >= 0.3 is 0 Å². The number of rotatable bonds is 6. The van der Waals surface area contributed by atoms with Gasteiger partial charge in [0.15, 0.2) is 0 Å². The first kappa shape index (κ1) is 18.1. The molecule has 0 fully saturated rings. The van der Waals surface area contributed by atoms with Crippen molar-refractivity contribution < 1.29 is 14.1 Å². The van der Waals surface area contributed by atoms with Crippen molar-refractivity contribution in [2.45, 2.75) is 6.04 Å². The Hall–Kier alpha value is -3.75. The molecule has 0 radical (unpaired) electrons. The Bertz CT molecular complexity index is 1020. The van der Waals surface area contributed by atoms with Gasteiger partial charge in [0.05, 0.1) is 4.92 Å². The number of primary amides is 1. The summed E-state index contributed by atoms with van der Waals surface area (Å²) in [7, 11) is 1.74. The van der Waals surface area contributed by atoms with E-state index in [0.29, 0.717) is 5.82 Å². The molecule has 0 aliphatic carbocycles. The van der Waals surface area contributed by atoms with Gasteiger partial charge in [0.1, 0.15) is 23.4 Å². The molecule has 3 aromatic rings. The molecule has 1 amide bonds. The van der Waals surface area contributed by atoms with Gasteiger partial charge in [-0.15, -0.1) is 0 Å². The molecule has 1 atom stereocenters. The summed E-state index contributed by atoms with van der Waals surface area (Å²) in [5.41, 5.74) is 5.25. The number of nitro benzene ring substituents is 1. The number of nitrogens with two attached hydrogens (primary N) is 1. The SMILES string of the molecule is Cn1ccnc1[C@@H](Nc1ccc(C(N)=O)cc1[N+](=O)[O-])c1ccccc1F. The van der Waals surface area contributed by atoms with Crippen LogP contribution in [0.1, 0.15) is 27.8 Å². The fraction of sp³-hybridized carbons (Fsp3) is 0.111. The Morgan fingerprint density at radius 1 is 1.33 bits per heavy atom. The fourth-order valence-electron chi connectivity index (χ4n) is 2.76. The number of hydrogen-bond donors (Lipinski definition) is 2. The van der Waals surface area contributed by atoms with Crippen LogP contribution in [0.2, 0.25) is 0 Å². The molecule has 0 bridgehead atoms. The van der Waals surface area contributed by atoms with Crippen molar-refractivity contribution in [3.8, 4) is 0 Å². The van der Waals surface area contributed by atoms with E-state index < -0.39 is 22.7 Å². The van der Waals surface area contributed by atoms with Gasteiger partial charge in [0.25, 0.3) is 5.69 Å². The lowest BCUT2D eigenvalue weighted by Gasteiger charge is -2.21. The zero-order valence-corrected chi connectivity index (χ0v) is 14.3. The lowest BCUT2D eigenvalue weighted by atomic mass is 10.0. The van der Waals surface area contributed by atoms with E-state index in [4.69, 9.17) is 5.73 Å². The number of nitro groups is 1. The number of anilines is 1. The molecule has 8 nitrogen and oxygen atoms in total. The van der Waals surface area contributed by atoms with Gasteiger partial charge in [-0.2, -0.15) is 0 Å². The highest BCUT2D eigenvalue weighted by atomic mass is 19.1. The number of carbonyl (C=O) groups excluding carboxylic acids is 1. The highest BCUT2D eigenvalue weighted by Gasteiger charge is 2.25. The van der Waals surface area contributed by atoms with Crippen molar-refractivity contribution in [3.63, 3.8) is 0 Å². The lowest BCUT2D eigenvalue weighted by molar-refractivity contribution is -0.384. The number of benzene rings is 2. The third kappa shape index (κ3) is 3.61. The number of hydrogen-bond acceptors (Lipinski definition) is 5. The van der Waals surface area contributed by atoms with Gasteiger partial charge in [-0.25, -0.2) is 9.37 Å². The molecule has 9 heteroatoms. The summed E-state index contributed by atoms with van der Waals surface area (Å²) in [6.07, 6.45) is 3.24. The number of nitrogens with zero attached hydrogens (tertiary/aromatic N) is 3. The molecule has 0 aliphatic rings.